The van der Waals surface area contributed by atoms with Gasteiger partial charge in [-0.1, -0.05) is 0 Å². The summed E-state index contributed by atoms with van der Waals surface area (Å²) in [6.07, 6.45) is 4.94. The molecule has 1 atom stereocenters. The highest BCUT2D eigenvalue weighted by Gasteiger charge is 2.27. The van der Waals surface area contributed by atoms with Crippen molar-refractivity contribution in [2.24, 2.45) is 0 Å². The molecule has 0 saturated carbocycles. The van der Waals surface area contributed by atoms with E-state index in [2.05, 4.69) is 9.88 Å². The number of pyridine rings is 1. The van der Waals surface area contributed by atoms with Crippen LogP contribution in [0.25, 0.3) is 11.0 Å². The first kappa shape index (κ1) is 11.2. The first-order valence-corrected chi connectivity index (χ1v) is 5.89. The Morgan fingerprint density at radius 1 is 1.56 bits per heavy atom. The summed E-state index contributed by atoms with van der Waals surface area (Å²) in [5, 5.41) is 11.5. The Bertz CT molecular complexity index is 608. The fraction of sp³-hybridized carbons (Fsp3) is 0.417. The maximum absolute atomic E-state index is 10.9. The van der Waals surface area contributed by atoms with E-state index in [0.717, 1.165) is 25.1 Å². The van der Waals surface area contributed by atoms with Crippen LogP contribution in [0.5, 0.6) is 0 Å². The van der Waals surface area contributed by atoms with Gasteiger partial charge >= 0.3 is 0 Å². The molecular weight excluding hydrogens is 234 g/mol. The highest BCUT2D eigenvalue weighted by atomic mass is 16.6. The summed E-state index contributed by atoms with van der Waals surface area (Å²) >= 11 is 0. The zero-order chi connectivity index (χ0) is 12.7. The van der Waals surface area contributed by atoms with Crippen LogP contribution in [0.3, 0.4) is 0 Å². The fourth-order valence-electron chi connectivity index (χ4n) is 2.55. The molecule has 2 aromatic heterocycles. The molecule has 1 fully saturated rings. The van der Waals surface area contributed by atoms with Crippen molar-refractivity contribution in [3.05, 3.63) is 34.3 Å². The van der Waals surface area contributed by atoms with Gasteiger partial charge in [0.1, 0.15) is 17.3 Å². The number of hydrogen-bond donors (Lipinski definition) is 0. The molecular formula is C12H13N3O3. The minimum absolute atomic E-state index is 0.00292. The van der Waals surface area contributed by atoms with Crippen LogP contribution in [-0.4, -0.2) is 28.4 Å². The van der Waals surface area contributed by atoms with E-state index in [4.69, 9.17) is 4.42 Å². The van der Waals surface area contributed by atoms with Crippen LogP contribution in [0.15, 0.2) is 22.9 Å². The van der Waals surface area contributed by atoms with Crippen LogP contribution >= 0.6 is 0 Å². The summed E-state index contributed by atoms with van der Waals surface area (Å²) in [4.78, 5) is 16.5. The SMILES string of the molecule is CN1CCCC1c1cc2c([N+](=O)[O-])cncc2o1. The van der Waals surface area contributed by atoms with Crippen molar-refractivity contribution in [3.8, 4) is 0 Å². The first-order chi connectivity index (χ1) is 8.66. The maximum Gasteiger partial charge on any atom is 0.298 e. The molecule has 0 aromatic carbocycles. The van der Waals surface area contributed by atoms with Crippen molar-refractivity contribution < 1.29 is 9.34 Å². The molecule has 1 unspecified atom stereocenters. The van der Waals surface area contributed by atoms with Crippen LogP contribution < -0.4 is 0 Å². The van der Waals surface area contributed by atoms with E-state index < -0.39 is 4.92 Å². The highest BCUT2D eigenvalue weighted by Crippen LogP contribution is 2.36. The van der Waals surface area contributed by atoms with Crippen LogP contribution in [0.2, 0.25) is 0 Å². The van der Waals surface area contributed by atoms with Gasteiger partial charge in [0.2, 0.25) is 0 Å². The van der Waals surface area contributed by atoms with Crippen molar-refractivity contribution in [3.63, 3.8) is 0 Å². The number of furan rings is 1. The van der Waals surface area contributed by atoms with Gasteiger partial charge in [-0.25, -0.2) is 0 Å². The molecule has 1 aliphatic rings. The predicted molar refractivity (Wildman–Crippen MR) is 65.3 cm³/mol. The summed E-state index contributed by atoms with van der Waals surface area (Å²) in [5.41, 5.74) is 0.489. The van der Waals surface area contributed by atoms with E-state index in [0.29, 0.717) is 11.0 Å². The monoisotopic (exact) mass is 247 g/mol. The first-order valence-electron chi connectivity index (χ1n) is 5.89. The summed E-state index contributed by atoms with van der Waals surface area (Å²) in [5.74, 6) is 0.793. The van der Waals surface area contributed by atoms with Gasteiger partial charge in [-0.15, -0.1) is 0 Å². The van der Waals surface area contributed by atoms with Gasteiger partial charge in [-0.05, 0) is 32.5 Å². The van der Waals surface area contributed by atoms with E-state index in [1.807, 2.05) is 7.05 Å². The summed E-state index contributed by atoms with van der Waals surface area (Å²) in [7, 11) is 2.04. The van der Waals surface area contributed by atoms with Gasteiger partial charge in [0, 0.05) is 0 Å². The van der Waals surface area contributed by atoms with Gasteiger partial charge in [-0.3, -0.25) is 20.0 Å². The number of hydrogen-bond acceptors (Lipinski definition) is 5. The fourth-order valence-corrected chi connectivity index (χ4v) is 2.55. The Labute approximate surface area is 103 Å². The Morgan fingerprint density at radius 2 is 2.39 bits per heavy atom. The maximum atomic E-state index is 10.9. The van der Waals surface area contributed by atoms with Crippen molar-refractivity contribution in [2.75, 3.05) is 13.6 Å². The summed E-state index contributed by atoms with van der Waals surface area (Å²) < 4.78 is 5.70. The van der Waals surface area contributed by atoms with Crippen molar-refractivity contribution in [1.29, 1.82) is 0 Å². The quantitative estimate of drug-likeness (QED) is 0.602. The number of likely N-dealkylation sites (tertiary alicyclic amines) is 1. The predicted octanol–water partition coefficient (Wildman–Crippen LogP) is 2.50. The molecule has 94 valence electrons. The van der Waals surface area contributed by atoms with E-state index in [9.17, 15) is 10.1 Å². The van der Waals surface area contributed by atoms with Crippen molar-refractivity contribution in [1.82, 2.24) is 9.88 Å². The third kappa shape index (κ3) is 1.65. The lowest BCUT2D eigenvalue weighted by atomic mass is 10.1. The zero-order valence-corrected chi connectivity index (χ0v) is 10.00. The molecule has 3 heterocycles. The molecule has 1 saturated heterocycles. The van der Waals surface area contributed by atoms with E-state index >= 15 is 0 Å². The molecule has 0 N–H and O–H groups in total. The van der Waals surface area contributed by atoms with E-state index in [-0.39, 0.29) is 11.7 Å². The van der Waals surface area contributed by atoms with Crippen molar-refractivity contribution >= 4 is 16.7 Å². The third-order valence-electron chi connectivity index (χ3n) is 3.49. The lowest BCUT2D eigenvalue weighted by Crippen LogP contribution is -2.16. The molecule has 6 heteroatoms. The molecule has 2 aromatic rings. The Balaban J connectivity index is 2.11. The number of nitro groups is 1. The normalized spacial score (nSPS) is 20.6. The zero-order valence-electron chi connectivity index (χ0n) is 10.00. The molecule has 3 rings (SSSR count). The van der Waals surface area contributed by atoms with Gasteiger partial charge in [0.15, 0.2) is 5.58 Å². The van der Waals surface area contributed by atoms with Crippen molar-refractivity contribution in [2.45, 2.75) is 18.9 Å². The number of aromatic nitrogens is 1. The summed E-state index contributed by atoms with van der Waals surface area (Å²) in [6, 6.07) is 2.00. The molecule has 0 radical (unpaired) electrons. The average Bonchev–Trinajstić information content (AvgIpc) is 2.92. The van der Waals surface area contributed by atoms with Crippen LogP contribution in [0, 0.1) is 10.1 Å². The molecule has 6 nitrogen and oxygen atoms in total. The Kier molecular flexibility index (Phi) is 2.52. The minimum atomic E-state index is -0.424. The smallest absolute Gasteiger partial charge is 0.298 e. The number of nitrogens with zero attached hydrogens (tertiary/aromatic N) is 3. The average molecular weight is 247 g/mol. The standard InChI is InChI=1S/C12H13N3O3/c1-14-4-2-3-9(14)11-5-8-10(15(16)17)6-13-7-12(8)18-11/h5-7,9H,2-4H2,1H3. The molecule has 1 aliphatic heterocycles. The molecule has 0 spiro atoms. The van der Waals surface area contributed by atoms with Crippen LogP contribution in [0.1, 0.15) is 24.6 Å². The van der Waals surface area contributed by atoms with Gasteiger partial charge in [-0.2, -0.15) is 0 Å². The van der Waals surface area contributed by atoms with Crippen LogP contribution in [0.4, 0.5) is 5.69 Å². The third-order valence-corrected chi connectivity index (χ3v) is 3.49. The second-order valence-electron chi connectivity index (χ2n) is 4.61. The second-order valence-corrected chi connectivity index (χ2v) is 4.61. The summed E-state index contributed by atoms with van der Waals surface area (Å²) in [6.45, 7) is 1.03. The van der Waals surface area contributed by atoms with Gasteiger partial charge in [0.25, 0.3) is 5.69 Å². The lowest BCUT2D eigenvalue weighted by molar-refractivity contribution is -0.383. The number of fused-ring (bicyclic) bond motifs is 1. The topological polar surface area (TPSA) is 72.4 Å². The van der Waals surface area contributed by atoms with E-state index in [1.54, 1.807) is 6.07 Å². The highest BCUT2D eigenvalue weighted by molar-refractivity contribution is 5.86. The Morgan fingerprint density at radius 3 is 3.06 bits per heavy atom. The minimum Gasteiger partial charge on any atom is -0.457 e. The molecule has 18 heavy (non-hydrogen) atoms. The lowest BCUT2D eigenvalue weighted by Gasteiger charge is -2.16. The molecule has 0 bridgehead atoms. The van der Waals surface area contributed by atoms with Crippen LogP contribution in [-0.2, 0) is 0 Å². The Hall–Kier alpha value is -1.95. The molecule has 0 aliphatic carbocycles. The second kappa shape index (κ2) is 4.06. The van der Waals surface area contributed by atoms with Gasteiger partial charge < -0.3 is 4.42 Å². The van der Waals surface area contributed by atoms with E-state index in [1.165, 1.54) is 12.4 Å². The largest absolute Gasteiger partial charge is 0.457 e. The molecule has 0 amide bonds. The number of rotatable bonds is 2. The van der Waals surface area contributed by atoms with Gasteiger partial charge in [0.05, 0.1) is 17.2 Å².